The minimum Gasteiger partial charge on any atom is -0.622 e. The van der Waals surface area contributed by atoms with Crippen LogP contribution < -0.4 is 0 Å². The molecule has 0 spiro atoms. The van der Waals surface area contributed by atoms with Crippen molar-refractivity contribution in [3.8, 4) is 0 Å². The van der Waals surface area contributed by atoms with Crippen LogP contribution in [0.4, 0.5) is 4.39 Å². The predicted molar refractivity (Wildman–Crippen MR) is 56.7 cm³/mol. The lowest BCUT2D eigenvalue weighted by Gasteiger charge is -2.13. The molecule has 0 saturated heterocycles. The van der Waals surface area contributed by atoms with E-state index in [1.54, 1.807) is 26.0 Å². The lowest BCUT2D eigenvalue weighted by molar-refractivity contribution is -0.528. The number of halogens is 1. The van der Waals surface area contributed by atoms with Gasteiger partial charge in [-0.15, -0.1) is 0 Å². The number of aliphatic imine (C=N–C) groups is 1. The van der Waals surface area contributed by atoms with Crippen LogP contribution in [0.2, 0.25) is 0 Å². The van der Waals surface area contributed by atoms with E-state index in [2.05, 4.69) is 4.99 Å². The van der Waals surface area contributed by atoms with Gasteiger partial charge in [0, 0.05) is 19.4 Å². The second-order valence-electron chi connectivity index (χ2n) is 3.95. The second-order valence-corrected chi connectivity index (χ2v) is 3.95. The van der Waals surface area contributed by atoms with Crippen molar-refractivity contribution in [3.05, 3.63) is 40.9 Å². The zero-order valence-corrected chi connectivity index (χ0v) is 8.57. The van der Waals surface area contributed by atoms with Crippen LogP contribution in [0.15, 0.2) is 29.3 Å². The maximum absolute atomic E-state index is 12.7. The average Bonchev–Trinajstić information content (AvgIpc) is 2.42. The first kappa shape index (κ1) is 9.83. The lowest BCUT2D eigenvalue weighted by atomic mass is 10.1. The van der Waals surface area contributed by atoms with Crippen LogP contribution in [0.1, 0.15) is 19.4 Å². The van der Waals surface area contributed by atoms with Gasteiger partial charge in [-0.25, -0.2) is 9.38 Å². The lowest BCUT2D eigenvalue weighted by Crippen LogP contribution is -2.26. The van der Waals surface area contributed by atoms with Gasteiger partial charge < -0.3 is 5.21 Å². The molecule has 0 fully saturated rings. The van der Waals surface area contributed by atoms with Crippen molar-refractivity contribution >= 4 is 11.9 Å². The van der Waals surface area contributed by atoms with Crippen molar-refractivity contribution in [3.63, 3.8) is 0 Å². The largest absolute Gasteiger partial charge is 0.622 e. The third-order valence-electron chi connectivity index (χ3n) is 2.31. The first-order valence-electron chi connectivity index (χ1n) is 4.66. The average molecular weight is 206 g/mol. The molecule has 0 saturated carbocycles. The highest BCUT2D eigenvalue weighted by atomic mass is 19.1. The fourth-order valence-electron chi connectivity index (χ4n) is 1.40. The molecule has 0 amide bonds. The van der Waals surface area contributed by atoms with Crippen LogP contribution in [0.5, 0.6) is 0 Å². The van der Waals surface area contributed by atoms with E-state index in [4.69, 9.17) is 0 Å². The molecule has 15 heavy (non-hydrogen) atoms. The quantitative estimate of drug-likeness (QED) is 0.511. The number of hydroxylamine groups is 1. The normalized spacial score (nSPS) is 18.6. The van der Waals surface area contributed by atoms with Crippen LogP contribution in [0, 0.1) is 11.0 Å². The van der Waals surface area contributed by atoms with Crippen molar-refractivity contribution in [1.29, 1.82) is 0 Å². The van der Waals surface area contributed by atoms with Gasteiger partial charge >= 0.3 is 0 Å². The summed E-state index contributed by atoms with van der Waals surface area (Å²) in [5.74, 6) is -0.296. The monoisotopic (exact) mass is 206 g/mol. The van der Waals surface area contributed by atoms with Crippen LogP contribution in [-0.4, -0.2) is 22.3 Å². The summed E-state index contributed by atoms with van der Waals surface area (Å²) in [4.78, 5) is 4.25. The van der Waals surface area contributed by atoms with Crippen LogP contribution in [0.25, 0.3) is 0 Å². The molecule has 3 nitrogen and oxygen atoms in total. The van der Waals surface area contributed by atoms with E-state index < -0.39 is 5.66 Å². The van der Waals surface area contributed by atoms with E-state index >= 15 is 0 Å². The first-order valence-corrected chi connectivity index (χ1v) is 4.66. The molecular formula is C11H11FN2O. The maximum Gasteiger partial charge on any atom is 0.260 e. The molecule has 4 heteroatoms. The van der Waals surface area contributed by atoms with Gasteiger partial charge in [0.15, 0.2) is 0 Å². The first-order chi connectivity index (χ1) is 6.99. The van der Waals surface area contributed by atoms with E-state index in [1.807, 2.05) is 0 Å². The Labute approximate surface area is 87.2 Å². The molecule has 0 bridgehead atoms. The predicted octanol–water partition coefficient (Wildman–Crippen LogP) is 1.95. The van der Waals surface area contributed by atoms with Gasteiger partial charge in [-0.1, -0.05) is 0 Å². The smallest absolute Gasteiger partial charge is 0.260 e. The molecule has 1 heterocycles. The summed E-state index contributed by atoms with van der Waals surface area (Å²) in [6.07, 6.45) is 1.42. The number of benzene rings is 1. The van der Waals surface area contributed by atoms with E-state index in [1.165, 1.54) is 18.3 Å². The molecular weight excluding hydrogens is 195 g/mol. The van der Waals surface area contributed by atoms with E-state index in [0.29, 0.717) is 5.71 Å². The Morgan fingerprint density at radius 2 is 1.87 bits per heavy atom. The molecule has 2 rings (SSSR count). The molecule has 0 atom stereocenters. The molecule has 0 aromatic heterocycles. The molecule has 1 aromatic carbocycles. The van der Waals surface area contributed by atoms with Gasteiger partial charge in [0.2, 0.25) is 6.21 Å². The molecule has 0 N–H and O–H groups in total. The molecule has 0 unspecified atom stereocenters. The van der Waals surface area contributed by atoms with Gasteiger partial charge in [0.25, 0.3) is 5.66 Å². The van der Waals surface area contributed by atoms with E-state index in [9.17, 15) is 9.60 Å². The molecule has 0 radical (unpaired) electrons. The van der Waals surface area contributed by atoms with Crippen LogP contribution >= 0.6 is 0 Å². The summed E-state index contributed by atoms with van der Waals surface area (Å²) < 4.78 is 13.5. The summed E-state index contributed by atoms with van der Waals surface area (Å²) in [6, 6.07) is 5.93. The third kappa shape index (κ3) is 1.75. The molecule has 0 aliphatic carbocycles. The van der Waals surface area contributed by atoms with Crippen molar-refractivity contribution in [2.24, 2.45) is 4.99 Å². The van der Waals surface area contributed by atoms with E-state index in [-0.39, 0.29) is 5.82 Å². The van der Waals surface area contributed by atoms with Gasteiger partial charge in [-0.2, -0.15) is 4.74 Å². The Balaban J connectivity index is 2.39. The molecule has 1 aliphatic rings. The summed E-state index contributed by atoms with van der Waals surface area (Å²) in [5.41, 5.74) is 0.585. The summed E-state index contributed by atoms with van der Waals surface area (Å²) in [5, 5.41) is 11.4. The van der Waals surface area contributed by atoms with Crippen LogP contribution in [0.3, 0.4) is 0 Å². The zero-order valence-electron chi connectivity index (χ0n) is 8.57. The Morgan fingerprint density at radius 1 is 1.27 bits per heavy atom. The topological polar surface area (TPSA) is 38.4 Å². The summed E-state index contributed by atoms with van der Waals surface area (Å²) in [7, 11) is 0. The maximum atomic E-state index is 12.7. The number of hydrogen-bond acceptors (Lipinski definition) is 2. The van der Waals surface area contributed by atoms with Crippen molar-refractivity contribution in [2.75, 3.05) is 0 Å². The highest BCUT2D eigenvalue weighted by molar-refractivity contribution is 6.37. The Kier molecular flexibility index (Phi) is 2.07. The molecule has 1 aliphatic heterocycles. The van der Waals surface area contributed by atoms with Crippen molar-refractivity contribution in [2.45, 2.75) is 19.5 Å². The van der Waals surface area contributed by atoms with Crippen LogP contribution in [-0.2, 0) is 0 Å². The number of hydrogen-bond donors (Lipinski definition) is 0. The Bertz CT molecular complexity index is 446. The highest BCUT2D eigenvalue weighted by Crippen LogP contribution is 2.17. The third-order valence-corrected chi connectivity index (χ3v) is 2.31. The van der Waals surface area contributed by atoms with Gasteiger partial charge in [-0.05, 0) is 24.3 Å². The standard InChI is InChI=1S/C11H11FN2O/c1-11(2)13-10(7-14(11)15)8-3-5-9(12)6-4-8/h3-7H,1-2H3. The fraction of sp³-hybridized carbons (Fsp3) is 0.273. The number of rotatable bonds is 1. The van der Waals surface area contributed by atoms with E-state index in [0.717, 1.165) is 10.3 Å². The zero-order chi connectivity index (χ0) is 11.1. The van der Waals surface area contributed by atoms with Gasteiger partial charge in [0.05, 0.1) is 0 Å². The number of nitrogens with zero attached hydrogens (tertiary/aromatic N) is 2. The minimum absolute atomic E-state index is 0.296. The molecule has 1 aromatic rings. The Hall–Kier alpha value is -1.71. The molecule has 78 valence electrons. The second kappa shape index (κ2) is 3.15. The summed E-state index contributed by atoms with van der Waals surface area (Å²) in [6.45, 7) is 3.46. The summed E-state index contributed by atoms with van der Waals surface area (Å²) >= 11 is 0. The van der Waals surface area contributed by atoms with Crippen molar-refractivity contribution in [1.82, 2.24) is 0 Å². The highest BCUT2D eigenvalue weighted by Gasteiger charge is 2.32. The van der Waals surface area contributed by atoms with Gasteiger partial charge in [0.1, 0.15) is 11.5 Å². The van der Waals surface area contributed by atoms with Gasteiger partial charge in [-0.3, -0.25) is 0 Å². The minimum atomic E-state index is -0.760. The SMILES string of the molecule is CC1(C)N=C(c2ccc(F)cc2)C=[N+]1[O-]. The Morgan fingerprint density at radius 3 is 2.33 bits per heavy atom. The fourth-order valence-corrected chi connectivity index (χ4v) is 1.40. The van der Waals surface area contributed by atoms with Crippen molar-refractivity contribution < 1.29 is 9.13 Å².